The van der Waals surface area contributed by atoms with E-state index in [1.807, 2.05) is 14.1 Å². The molecule has 9 nitrogen and oxygen atoms in total. The predicted molar refractivity (Wildman–Crippen MR) is 141 cm³/mol. The zero-order valence-corrected chi connectivity index (χ0v) is 22.1. The zero-order chi connectivity index (χ0) is 27.4. The minimum atomic E-state index is -3.85. The average molecular weight is 543 g/mol. The van der Waals surface area contributed by atoms with Crippen LogP contribution in [0.5, 0.6) is 0 Å². The van der Waals surface area contributed by atoms with Crippen LogP contribution in [0, 0.1) is 11.6 Å². The Balaban J connectivity index is 1.65. The van der Waals surface area contributed by atoms with Gasteiger partial charge in [0.15, 0.2) is 5.82 Å². The summed E-state index contributed by atoms with van der Waals surface area (Å²) in [5.41, 5.74) is 0.261. The van der Waals surface area contributed by atoms with Crippen molar-refractivity contribution in [2.75, 3.05) is 31.1 Å². The lowest BCUT2D eigenvalue weighted by Crippen LogP contribution is -2.18. The van der Waals surface area contributed by atoms with Crippen molar-refractivity contribution in [1.82, 2.24) is 24.8 Å². The number of aromatic nitrogens is 4. The number of nitrogens with zero attached hydrogens (tertiary/aromatic N) is 4. The third-order valence-corrected chi connectivity index (χ3v) is 7.35. The molecule has 3 heterocycles. The van der Waals surface area contributed by atoms with Gasteiger partial charge in [-0.15, -0.1) is 0 Å². The van der Waals surface area contributed by atoms with E-state index in [0.717, 1.165) is 31.5 Å². The number of carbonyl (C=O) groups excluding carboxylic acids is 1. The molecule has 0 saturated heterocycles. The molecule has 200 valence electrons. The van der Waals surface area contributed by atoms with E-state index >= 15 is 4.39 Å². The van der Waals surface area contributed by atoms with Crippen LogP contribution in [0.1, 0.15) is 41.5 Å². The van der Waals surface area contributed by atoms with E-state index in [4.69, 9.17) is 0 Å². The summed E-state index contributed by atoms with van der Waals surface area (Å²) >= 11 is 0. The van der Waals surface area contributed by atoms with Crippen molar-refractivity contribution in [2.45, 2.75) is 26.2 Å². The van der Waals surface area contributed by atoms with Crippen LogP contribution in [-0.4, -0.2) is 65.4 Å². The molecule has 0 aliphatic heterocycles. The molecule has 0 radical (unpaired) electrons. The Morgan fingerprint density at radius 2 is 1.79 bits per heavy atom. The van der Waals surface area contributed by atoms with Gasteiger partial charge in [-0.05, 0) is 51.7 Å². The Kier molecular flexibility index (Phi) is 8.12. The van der Waals surface area contributed by atoms with Crippen LogP contribution in [0.4, 0.5) is 14.5 Å². The Morgan fingerprint density at radius 1 is 1.08 bits per heavy atom. The molecule has 2 N–H and O–H groups in total. The van der Waals surface area contributed by atoms with Gasteiger partial charge in [0.25, 0.3) is 0 Å². The molecule has 0 unspecified atom stereocenters. The number of H-pyrrole nitrogens is 1. The number of anilines is 1. The molecule has 4 aromatic rings. The number of fused-ring (bicyclic) bond motifs is 1. The van der Waals surface area contributed by atoms with Crippen LogP contribution in [0.3, 0.4) is 0 Å². The number of sulfonamides is 1. The second kappa shape index (κ2) is 11.3. The molecular weight excluding hydrogens is 514 g/mol. The van der Waals surface area contributed by atoms with Crippen LogP contribution in [0.25, 0.3) is 22.2 Å². The van der Waals surface area contributed by atoms with Crippen LogP contribution < -0.4 is 4.72 Å². The molecule has 38 heavy (non-hydrogen) atoms. The molecule has 1 aromatic carbocycles. The van der Waals surface area contributed by atoms with Crippen molar-refractivity contribution in [2.24, 2.45) is 0 Å². The smallest absolute Gasteiger partial charge is 0.232 e. The van der Waals surface area contributed by atoms with Gasteiger partial charge in [0.2, 0.25) is 15.8 Å². The van der Waals surface area contributed by atoms with Crippen LogP contribution in [0.15, 0.2) is 43.0 Å². The van der Waals surface area contributed by atoms with E-state index in [1.165, 1.54) is 6.20 Å². The van der Waals surface area contributed by atoms with Crippen LogP contribution >= 0.6 is 0 Å². The summed E-state index contributed by atoms with van der Waals surface area (Å²) in [6, 6.07) is 3.48. The predicted octanol–water partition coefficient (Wildman–Crippen LogP) is 4.18. The number of pyridine rings is 1. The first kappa shape index (κ1) is 27.3. The number of aryl methyl sites for hydroxylation is 1. The molecule has 0 aliphatic rings. The van der Waals surface area contributed by atoms with Crippen LogP contribution in [-0.2, 0) is 16.4 Å². The molecule has 4 rings (SSSR count). The van der Waals surface area contributed by atoms with Gasteiger partial charge in [-0.2, -0.15) is 0 Å². The van der Waals surface area contributed by atoms with Gasteiger partial charge < -0.3 is 9.88 Å². The lowest BCUT2D eigenvalue weighted by atomic mass is 10.0. The second-order valence-electron chi connectivity index (χ2n) is 9.15. The Morgan fingerprint density at radius 3 is 2.47 bits per heavy atom. The summed E-state index contributed by atoms with van der Waals surface area (Å²) in [6.07, 6.45) is 8.20. The number of carbonyl (C=O) groups is 1. The van der Waals surface area contributed by atoms with E-state index in [-0.39, 0.29) is 11.3 Å². The number of nitrogens with one attached hydrogen (secondary N) is 2. The summed E-state index contributed by atoms with van der Waals surface area (Å²) < 4.78 is 56.2. The molecule has 0 aliphatic carbocycles. The van der Waals surface area contributed by atoms with Gasteiger partial charge in [0, 0.05) is 53.3 Å². The molecule has 0 bridgehead atoms. The Labute approximate surface area is 219 Å². The standard InChI is InChI=1S/C26H28F2N6O3S/c1-4-10-38(36,37)33-21-8-7-20(27)23(24(21)28)25(35)19-15-32-26-18(19)11-16(12-31-26)17-13-29-22(30-14-17)6-5-9-34(2)3/h7-8,11-15,33H,4-6,9-10H2,1-3H3,(H,31,32). The maximum absolute atomic E-state index is 15.2. The highest BCUT2D eigenvalue weighted by atomic mass is 32.2. The summed E-state index contributed by atoms with van der Waals surface area (Å²) in [5.74, 6) is -2.88. The van der Waals surface area contributed by atoms with Crippen molar-refractivity contribution < 1.29 is 22.0 Å². The first-order chi connectivity index (χ1) is 18.1. The van der Waals surface area contributed by atoms with Gasteiger partial charge in [-0.3, -0.25) is 9.52 Å². The third-order valence-electron chi connectivity index (χ3n) is 5.88. The van der Waals surface area contributed by atoms with Crippen molar-refractivity contribution in [1.29, 1.82) is 0 Å². The lowest BCUT2D eigenvalue weighted by Gasteiger charge is -2.11. The summed E-state index contributed by atoms with van der Waals surface area (Å²) in [6.45, 7) is 2.58. The fourth-order valence-electron chi connectivity index (χ4n) is 4.00. The second-order valence-corrected chi connectivity index (χ2v) is 11.0. The highest BCUT2D eigenvalue weighted by Crippen LogP contribution is 2.29. The molecule has 0 atom stereocenters. The molecule has 0 fully saturated rings. The van der Waals surface area contributed by atoms with Gasteiger partial charge >= 0.3 is 0 Å². The number of hydrogen-bond donors (Lipinski definition) is 2. The van der Waals surface area contributed by atoms with Gasteiger partial charge in [0.1, 0.15) is 17.3 Å². The Bertz CT molecular complexity index is 1570. The third kappa shape index (κ3) is 6.03. The zero-order valence-electron chi connectivity index (χ0n) is 21.3. The summed E-state index contributed by atoms with van der Waals surface area (Å²) in [4.78, 5) is 31.4. The number of benzene rings is 1. The van der Waals surface area contributed by atoms with Crippen molar-refractivity contribution >= 4 is 32.5 Å². The summed E-state index contributed by atoms with van der Waals surface area (Å²) in [5, 5.41) is 0.346. The Hall–Kier alpha value is -3.77. The lowest BCUT2D eigenvalue weighted by molar-refractivity contribution is 0.103. The number of halogens is 2. The topological polar surface area (TPSA) is 121 Å². The van der Waals surface area contributed by atoms with E-state index < -0.39 is 38.7 Å². The number of ketones is 1. The first-order valence-corrected chi connectivity index (χ1v) is 13.7. The van der Waals surface area contributed by atoms with Gasteiger partial charge in [0.05, 0.1) is 17.0 Å². The van der Waals surface area contributed by atoms with E-state index in [0.29, 0.717) is 34.4 Å². The van der Waals surface area contributed by atoms with Crippen molar-refractivity contribution in [3.8, 4) is 11.1 Å². The maximum atomic E-state index is 15.2. The first-order valence-electron chi connectivity index (χ1n) is 12.1. The van der Waals surface area contributed by atoms with Crippen molar-refractivity contribution in [3.63, 3.8) is 0 Å². The molecular formula is C26H28F2N6O3S. The highest BCUT2D eigenvalue weighted by Gasteiger charge is 2.26. The normalized spacial score (nSPS) is 11.8. The molecule has 0 amide bonds. The van der Waals surface area contributed by atoms with E-state index in [2.05, 4.69) is 29.6 Å². The summed E-state index contributed by atoms with van der Waals surface area (Å²) in [7, 11) is 0.149. The number of hydrogen-bond acceptors (Lipinski definition) is 7. The van der Waals surface area contributed by atoms with Crippen LogP contribution in [0.2, 0.25) is 0 Å². The van der Waals surface area contributed by atoms with E-state index in [1.54, 1.807) is 31.6 Å². The SMILES string of the molecule is CCCS(=O)(=O)Nc1ccc(F)c(C(=O)c2c[nH]c3ncc(-c4cnc(CCCN(C)C)nc4)cc23)c1F. The highest BCUT2D eigenvalue weighted by molar-refractivity contribution is 7.92. The maximum Gasteiger partial charge on any atom is 0.232 e. The van der Waals surface area contributed by atoms with E-state index in [9.17, 15) is 17.6 Å². The number of aromatic amines is 1. The average Bonchev–Trinajstić information content (AvgIpc) is 3.29. The fraction of sp³-hybridized carbons (Fsp3) is 0.308. The molecule has 0 spiro atoms. The van der Waals surface area contributed by atoms with Gasteiger partial charge in [-0.25, -0.2) is 32.2 Å². The largest absolute Gasteiger partial charge is 0.345 e. The minimum absolute atomic E-state index is 0.0121. The quantitative estimate of drug-likeness (QED) is 0.273. The fourth-order valence-corrected chi connectivity index (χ4v) is 5.13. The molecule has 0 saturated carbocycles. The minimum Gasteiger partial charge on any atom is -0.345 e. The van der Waals surface area contributed by atoms with Crippen molar-refractivity contribution in [3.05, 3.63) is 71.6 Å². The van der Waals surface area contributed by atoms with Gasteiger partial charge in [-0.1, -0.05) is 6.92 Å². The molecule has 3 aromatic heterocycles. The monoisotopic (exact) mass is 542 g/mol. The number of rotatable bonds is 11. The molecule has 12 heteroatoms.